The fourth-order valence-electron chi connectivity index (χ4n) is 2.66. The molecule has 0 bridgehead atoms. The first kappa shape index (κ1) is 25.6. The summed E-state index contributed by atoms with van der Waals surface area (Å²) in [6, 6.07) is 0. The number of hydrogen-bond donors (Lipinski definition) is 2. The molecule has 0 amide bonds. The minimum Gasteiger partial charge on any atom is -0.323 e. The Morgan fingerprint density at radius 1 is 1.00 bits per heavy atom. The Balaban J connectivity index is 0. The van der Waals surface area contributed by atoms with Gasteiger partial charge in [0.25, 0.3) is 0 Å². The number of rotatable bonds is 14. The molecule has 0 saturated heterocycles. The summed E-state index contributed by atoms with van der Waals surface area (Å²) in [5.74, 6) is 0.0220. The Morgan fingerprint density at radius 2 is 1.48 bits per heavy atom. The average Bonchev–Trinajstić information content (AvgIpc) is 2.51. The molecular formula is C17H38NO3PSi. The van der Waals surface area contributed by atoms with Crippen LogP contribution in [0.2, 0.25) is 0 Å². The van der Waals surface area contributed by atoms with Crippen LogP contribution in [0.1, 0.15) is 85.5 Å². The van der Waals surface area contributed by atoms with Gasteiger partial charge < -0.3 is 15.2 Å². The van der Waals surface area contributed by atoms with Gasteiger partial charge in [0.05, 0.1) is 6.61 Å². The maximum atomic E-state index is 12.3. The molecule has 0 spiro atoms. The van der Waals surface area contributed by atoms with E-state index < -0.39 is 13.4 Å². The van der Waals surface area contributed by atoms with Gasteiger partial charge in [-0.3, -0.25) is 4.57 Å². The van der Waals surface area contributed by atoms with E-state index in [-0.39, 0.29) is 11.0 Å². The van der Waals surface area contributed by atoms with Gasteiger partial charge in [0.1, 0.15) is 5.78 Å². The lowest BCUT2D eigenvalue weighted by Crippen LogP contribution is -2.25. The molecule has 3 N–H and O–H groups in total. The second kappa shape index (κ2) is 14.7. The Labute approximate surface area is 148 Å². The van der Waals surface area contributed by atoms with Crippen LogP contribution in [0, 0.1) is 11.8 Å². The lowest BCUT2D eigenvalue weighted by Gasteiger charge is -2.25. The van der Waals surface area contributed by atoms with Gasteiger partial charge in [-0.05, 0) is 24.7 Å². The van der Waals surface area contributed by atoms with E-state index in [2.05, 4.69) is 27.7 Å². The molecule has 4 radical (unpaired) electrons. The van der Waals surface area contributed by atoms with Gasteiger partial charge >= 0.3 is 7.60 Å². The first-order valence-electron chi connectivity index (χ1n) is 9.13. The highest BCUT2D eigenvalue weighted by Gasteiger charge is 2.31. The van der Waals surface area contributed by atoms with E-state index in [1.54, 1.807) is 0 Å². The third-order valence-corrected chi connectivity index (χ3v) is 6.14. The Morgan fingerprint density at radius 3 is 1.91 bits per heavy atom. The normalized spacial score (nSPS) is 17.8. The van der Waals surface area contributed by atoms with Crippen molar-refractivity contribution in [2.75, 3.05) is 6.61 Å². The summed E-state index contributed by atoms with van der Waals surface area (Å²) in [5, 5.41) is 0. The van der Waals surface area contributed by atoms with Crippen molar-refractivity contribution in [3.63, 3.8) is 0 Å². The predicted molar refractivity (Wildman–Crippen MR) is 101 cm³/mol. The smallest absolute Gasteiger partial charge is 0.323 e. The van der Waals surface area contributed by atoms with Crippen LogP contribution in [0.5, 0.6) is 0 Å². The molecule has 0 fully saturated rings. The summed E-state index contributed by atoms with van der Waals surface area (Å²) in [7, 11) is -3.70. The lowest BCUT2D eigenvalue weighted by molar-refractivity contribution is 0.195. The van der Waals surface area contributed by atoms with E-state index in [1.807, 2.05) is 0 Å². The zero-order valence-electron chi connectivity index (χ0n) is 15.6. The monoisotopic (exact) mass is 363 g/mol. The lowest BCUT2D eigenvalue weighted by atomic mass is 9.96. The predicted octanol–water partition coefficient (Wildman–Crippen LogP) is 4.92. The van der Waals surface area contributed by atoms with Crippen LogP contribution in [0.4, 0.5) is 0 Å². The summed E-state index contributed by atoms with van der Waals surface area (Å²) < 4.78 is 17.7. The van der Waals surface area contributed by atoms with Gasteiger partial charge in [-0.25, -0.2) is 0 Å². The maximum Gasteiger partial charge on any atom is 0.344 e. The molecule has 0 aliphatic carbocycles. The fourth-order valence-corrected chi connectivity index (χ4v) is 3.84. The van der Waals surface area contributed by atoms with E-state index >= 15 is 0 Å². The third kappa shape index (κ3) is 11.5. The zero-order valence-corrected chi connectivity index (χ0v) is 17.5. The van der Waals surface area contributed by atoms with Crippen LogP contribution >= 0.6 is 7.60 Å². The Hall–Kier alpha value is 0.327. The molecule has 23 heavy (non-hydrogen) atoms. The van der Waals surface area contributed by atoms with Crippen molar-refractivity contribution in [1.82, 2.24) is 0 Å². The highest BCUT2D eigenvalue weighted by Crippen LogP contribution is 2.48. The molecule has 4 atom stereocenters. The van der Waals surface area contributed by atoms with E-state index in [0.29, 0.717) is 24.9 Å². The molecule has 0 aromatic rings. The second-order valence-corrected chi connectivity index (χ2v) is 8.55. The number of nitrogens with two attached hydrogens (primary N) is 1. The molecule has 6 heteroatoms. The van der Waals surface area contributed by atoms with Crippen LogP contribution in [0.3, 0.4) is 0 Å². The van der Waals surface area contributed by atoms with Gasteiger partial charge in [0.2, 0.25) is 0 Å². The molecule has 0 aliphatic rings. The van der Waals surface area contributed by atoms with Gasteiger partial charge in [0.15, 0.2) is 0 Å². The second-order valence-electron chi connectivity index (χ2n) is 6.50. The van der Waals surface area contributed by atoms with Crippen molar-refractivity contribution < 1.29 is 14.0 Å². The quantitative estimate of drug-likeness (QED) is 0.339. The highest BCUT2D eigenvalue weighted by molar-refractivity contribution is 7.53. The topological polar surface area (TPSA) is 72.5 Å². The van der Waals surface area contributed by atoms with E-state index in [1.165, 1.54) is 0 Å². The largest absolute Gasteiger partial charge is 0.344 e. The molecule has 0 aromatic carbocycles. The summed E-state index contributed by atoms with van der Waals surface area (Å²) in [4.78, 5) is 10.1. The molecule has 4 unspecified atom stereocenters. The SMILES string of the molecule is CCCCC(CC)COP(=O)(O)C(N)CC(CC)CCCC.[Si]. The zero-order chi connectivity index (χ0) is 17.0. The molecule has 0 rings (SSSR count). The van der Waals surface area contributed by atoms with Crippen LogP contribution in [-0.2, 0) is 9.09 Å². The minimum atomic E-state index is -3.70. The molecular weight excluding hydrogens is 325 g/mol. The molecule has 0 heterocycles. The first-order valence-corrected chi connectivity index (χ1v) is 10.8. The minimum absolute atomic E-state index is 0. The van der Waals surface area contributed by atoms with E-state index in [9.17, 15) is 9.46 Å². The van der Waals surface area contributed by atoms with Crippen molar-refractivity contribution in [1.29, 1.82) is 0 Å². The van der Waals surface area contributed by atoms with Crippen molar-refractivity contribution in [3.8, 4) is 0 Å². The van der Waals surface area contributed by atoms with E-state index in [0.717, 1.165) is 51.4 Å². The van der Waals surface area contributed by atoms with Gasteiger partial charge in [-0.1, -0.05) is 72.6 Å². The maximum absolute atomic E-state index is 12.3. The number of unbranched alkanes of at least 4 members (excludes halogenated alkanes) is 2. The van der Waals surface area contributed by atoms with Crippen LogP contribution in [0.25, 0.3) is 0 Å². The van der Waals surface area contributed by atoms with E-state index in [4.69, 9.17) is 10.3 Å². The molecule has 4 nitrogen and oxygen atoms in total. The Kier molecular flexibility index (Phi) is 16.3. The molecule has 0 aliphatic heterocycles. The summed E-state index contributed by atoms with van der Waals surface area (Å²) >= 11 is 0. The summed E-state index contributed by atoms with van der Waals surface area (Å²) in [6.07, 6.45) is 9.26. The van der Waals surface area contributed by atoms with Gasteiger partial charge in [0, 0.05) is 11.0 Å². The van der Waals surface area contributed by atoms with Crippen molar-refractivity contribution in [2.45, 2.75) is 91.3 Å². The van der Waals surface area contributed by atoms with Crippen molar-refractivity contribution >= 4 is 18.6 Å². The Bertz CT molecular complexity index is 318. The van der Waals surface area contributed by atoms with Crippen LogP contribution in [-0.4, -0.2) is 28.2 Å². The third-order valence-electron chi connectivity index (χ3n) is 4.58. The van der Waals surface area contributed by atoms with Crippen LogP contribution in [0.15, 0.2) is 0 Å². The highest BCUT2D eigenvalue weighted by atomic mass is 31.2. The van der Waals surface area contributed by atoms with Gasteiger partial charge in [-0.2, -0.15) is 0 Å². The standard InChI is InChI=1S/C17H38NO3P.Si/c1-5-9-11-15(7-3)13-17(18)22(19,20)21-14-16(8-4)12-10-6-2;/h15-17H,5-14,18H2,1-4H3,(H,19,20);. The number of hydrogen-bond acceptors (Lipinski definition) is 3. The van der Waals surface area contributed by atoms with Crippen LogP contribution < -0.4 is 5.73 Å². The van der Waals surface area contributed by atoms with Crippen molar-refractivity contribution in [2.24, 2.45) is 17.6 Å². The molecule has 0 aromatic heterocycles. The fraction of sp³-hybridized carbons (Fsp3) is 1.00. The van der Waals surface area contributed by atoms with Gasteiger partial charge in [-0.15, -0.1) is 0 Å². The average molecular weight is 364 g/mol. The molecule has 138 valence electrons. The first-order chi connectivity index (χ1) is 10.4. The van der Waals surface area contributed by atoms with Crippen molar-refractivity contribution in [3.05, 3.63) is 0 Å². The summed E-state index contributed by atoms with van der Waals surface area (Å²) in [5.41, 5.74) is 5.99. The summed E-state index contributed by atoms with van der Waals surface area (Å²) in [6.45, 7) is 8.89. The molecule has 0 saturated carbocycles.